The number of rotatable bonds is 3. The third-order valence-electron chi connectivity index (χ3n) is 5.04. The van der Waals surface area contributed by atoms with Gasteiger partial charge in [0.25, 0.3) is 5.91 Å². The fraction of sp³-hybridized carbons (Fsp3) is 0.474. The first-order chi connectivity index (χ1) is 12.2. The molecule has 6 heteroatoms. The third kappa shape index (κ3) is 3.34. The maximum Gasteiger partial charge on any atom is 0.254 e. The molecule has 1 saturated heterocycles. The average Bonchev–Trinajstić information content (AvgIpc) is 3.10. The Morgan fingerprint density at radius 3 is 2.84 bits per heavy atom. The van der Waals surface area contributed by atoms with Gasteiger partial charge >= 0.3 is 0 Å². The molecule has 3 heterocycles. The maximum absolute atomic E-state index is 12.6. The summed E-state index contributed by atoms with van der Waals surface area (Å²) in [5.74, 6) is 1.88. The Kier molecular flexibility index (Phi) is 4.34. The van der Waals surface area contributed by atoms with E-state index in [1.165, 1.54) is 24.1 Å². The summed E-state index contributed by atoms with van der Waals surface area (Å²) in [6.45, 7) is 3.43. The van der Waals surface area contributed by atoms with Crippen molar-refractivity contribution in [2.45, 2.75) is 45.1 Å². The van der Waals surface area contributed by atoms with Crippen LogP contribution in [0.1, 0.15) is 46.7 Å². The van der Waals surface area contributed by atoms with E-state index in [-0.39, 0.29) is 11.9 Å². The minimum atomic E-state index is 0.0765. The van der Waals surface area contributed by atoms with Gasteiger partial charge in [0.05, 0.1) is 0 Å². The monoisotopic (exact) mass is 337 g/mol. The number of anilines is 1. The Morgan fingerprint density at radius 1 is 1.20 bits per heavy atom. The van der Waals surface area contributed by atoms with Gasteiger partial charge in [-0.15, -0.1) is 0 Å². The number of hydrogen-bond acceptors (Lipinski definition) is 5. The van der Waals surface area contributed by atoms with Crippen molar-refractivity contribution < 1.29 is 4.79 Å². The standard InChI is InChI=1S/C19H23N5O/c1-13-21-17-5-3-2-4-16(17)18(22-13)23-15-8-11-24(12-15)19(25)14-6-9-20-10-7-14/h6-7,9-10,15H,2-5,8,11-12H2,1H3,(H,21,22,23). The molecule has 1 N–H and O–H groups in total. The van der Waals surface area contributed by atoms with E-state index < -0.39 is 0 Å². The predicted octanol–water partition coefficient (Wildman–Crippen LogP) is 2.39. The first kappa shape index (κ1) is 16.0. The van der Waals surface area contributed by atoms with E-state index in [1.54, 1.807) is 24.5 Å². The van der Waals surface area contributed by atoms with Crippen LogP contribution in [0.15, 0.2) is 24.5 Å². The summed E-state index contributed by atoms with van der Waals surface area (Å²) in [5.41, 5.74) is 3.17. The number of hydrogen-bond donors (Lipinski definition) is 1. The minimum Gasteiger partial charge on any atom is -0.365 e. The van der Waals surface area contributed by atoms with Crippen LogP contribution >= 0.6 is 0 Å². The molecule has 0 aromatic carbocycles. The Hall–Kier alpha value is -2.50. The van der Waals surface area contributed by atoms with Crippen LogP contribution in [0.3, 0.4) is 0 Å². The molecular formula is C19H23N5O. The smallest absolute Gasteiger partial charge is 0.254 e. The fourth-order valence-electron chi connectivity index (χ4n) is 3.77. The molecule has 4 rings (SSSR count). The third-order valence-corrected chi connectivity index (χ3v) is 5.04. The van der Waals surface area contributed by atoms with Crippen LogP contribution in [0.4, 0.5) is 5.82 Å². The highest BCUT2D eigenvalue weighted by Gasteiger charge is 2.28. The molecule has 0 spiro atoms. The van der Waals surface area contributed by atoms with E-state index in [9.17, 15) is 4.79 Å². The van der Waals surface area contributed by atoms with E-state index in [0.29, 0.717) is 12.1 Å². The summed E-state index contributed by atoms with van der Waals surface area (Å²) in [4.78, 5) is 27.7. The number of nitrogens with zero attached hydrogens (tertiary/aromatic N) is 4. The lowest BCUT2D eigenvalue weighted by Crippen LogP contribution is -2.32. The van der Waals surface area contributed by atoms with Crippen LogP contribution < -0.4 is 5.32 Å². The van der Waals surface area contributed by atoms with Crippen LogP contribution in [0.5, 0.6) is 0 Å². The van der Waals surface area contributed by atoms with E-state index in [4.69, 9.17) is 0 Å². The van der Waals surface area contributed by atoms with Crippen molar-refractivity contribution in [3.8, 4) is 0 Å². The fourth-order valence-corrected chi connectivity index (χ4v) is 3.77. The SMILES string of the molecule is Cc1nc2c(c(NC3CCN(C(=O)c4ccncc4)C3)n1)CCCC2. The number of carbonyl (C=O) groups is 1. The number of amides is 1. The molecule has 2 aliphatic rings. The summed E-state index contributed by atoms with van der Waals surface area (Å²) in [6, 6.07) is 3.78. The van der Waals surface area contributed by atoms with Crippen molar-refractivity contribution in [3.05, 3.63) is 47.2 Å². The Balaban J connectivity index is 1.47. The number of carbonyl (C=O) groups excluding carboxylic acids is 1. The van der Waals surface area contributed by atoms with Crippen molar-refractivity contribution in [2.75, 3.05) is 18.4 Å². The quantitative estimate of drug-likeness (QED) is 0.931. The Labute approximate surface area is 147 Å². The molecule has 1 fully saturated rings. The molecule has 1 atom stereocenters. The number of aromatic nitrogens is 3. The van der Waals surface area contributed by atoms with Gasteiger partial charge in [-0.25, -0.2) is 9.97 Å². The summed E-state index contributed by atoms with van der Waals surface area (Å²) < 4.78 is 0. The average molecular weight is 337 g/mol. The molecule has 6 nitrogen and oxygen atoms in total. The first-order valence-electron chi connectivity index (χ1n) is 9.03. The summed E-state index contributed by atoms with van der Waals surface area (Å²) >= 11 is 0. The number of nitrogens with one attached hydrogen (secondary N) is 1. The second kappa shape index (κ2) is 6.78. The molecule has 1 unspecified atom stereocenters. The van der Waals surface area contributed by atoms with Gasteiger partial charge in [0.1, 0.15) is 11.6 Å². The summed E-state index contributed by atoms with van der Waals surface area (Å²) in [7, 11) is 0. The zero-order valence-electron chi connectivity index (χ0n) is 14.5. The van der Waals surface area contributed by atoms with Gasteiger partial charge in [-0.1, -0.05) is 0 Å². The minimum absolute atomic E-state index is 0.0765. The zero-order valence-corrected chi connectivity index (χ0v) is 14.5. The van der Waals surface area contributed by atoms with Crippen LogP contribution in [-0.4, -0.2) is 44.9 Å². The topological polar surface area (TPSA) is 71.0 Å². The lowest BCUT2D eigenvalue weighted by molar-refractivity contribution is 0.0791. The number of pyridine rings is 1. The van der Waals surface area contributed by atoms with E-state index in [1.807, 2.05) is 11.8 Å². The Bertz CT molecular complexity index is 777. The molecule has 130 valence electrons. The lowest BCUT2D eigenvalue weighted by atomic mass is 9.96. The number of aryl methyl sites for hydroxylation is 2. The highest BCUT2D eigenvalue weighted by molar-refractivity contribution is 5.94. The van der Waals surface area contributed by atoms with Gasteiger partial charge in [0.15, 0.2) is 0 Å². The molecule has 0 radical (unpaired) electrons. The van der Waals surface area contributed by atoms with Crippen LogP contribution in [0, 0.1) is 6.92 Å². The van der Waals surface area contributed by atoms with Crippen LogP contribution in [0.25, 0.3) is 0 Å². The van der Waals surface area contributed by atoms with Crippen molar-refractivity contribution in [1.29, 1.82) is 0 Å². The summed E-state index contributed by atoms with van der Waals surface area (Å²) in [5, 5.41) is 3.59. The van der Waals surface area contributed by atoms with Gasteiger partial charge in [0.2, 0.25) is 0 Å². The molecule has 1 aliphatic carbocycles. The normalized spacial score (nSPS) is 19.6. The first-order valence-corrected chi connectivity index (χ1v) is 9.03. The van der Waals surface area contributed by atoms with Crippen molar-refractivity contribution in [3.63, 3.8) is 0 Å². The second-order valence-corrected chi connectivity index (χ2v) is 6.87. The van der Waals surface area contributed by atoms with Crippen LogP contribution in [0.2, 0.25) is 0 Å². The molecule has 0 saturated carbocycles. The molecule has 2 aromatic rings. The summed E-state index contributed by atoms with van der Waals surface area (Å²) in [6.07, 6.45) is 8.76. The molecule has 2 aromatic heterocycles. The Morgan fingerprint density at radius 2 is 2.00 bits per heavy atom. The van der Waals surface area contributed by atoms with Gasteiger partial charge in [0, 0.05) is 48.3 Å². The van der Waals surface area contributed by atoms with Gasteiger partial charge in [-0.2, -0.15) is 0 Å². The number of fused-ring (bicyclic) bond motifs is 1. The van der Waals surface area contributed by atoms with E-state index in [0.717, 1.165) is 37.4 Å². The van der Waals surface area contributed by atoms with Gasteiger partial charge in [-0.3, -0.25) is 9.78 Å². The zero-order chi connectivity index (χ0) is 17.2. The van der Waals surface area contributed by atoms with E-state index >= 15 is 0 Å². The predicted molar refractivity (Wildman–Crippen MR) is 95.6 cm³/mol. The molecular weight excluding hydrogens is 314 g/mol. The van der Waals surface area contributed by atoms with Crippen molar-refractivity contribution in [2.24, 2.45) is 0 Å². The van der Waals surface area contributed by atoms with Crippen LogP contribution in [-0.2, 0) is 12.8 Å². The van der Waals surface area contributed by atoms with E-state index in [2.05, 4.69) is 20.3 Å². The van der Waals surface area contributed by atoms with Gasteiger partial charge in [-0.05, 0) is 51.2 Å². The lowest BCUT2D eigenvalue weighted by Gasteiger charge is -2.22. The van der Waals surface area contributed by atoms with Crippen molar-refractivity contribution in [1.82, 2.24) is 19.9 Å². The molecule has 1 amide bonds. The second-order valence-electron chi connectivity index (χ2n) is 6.87. The highest BCUT2D eigenvalue weighted by atomic mass is 16.2. The largest absolute Gasteiger partial charge is 0.365 e. The highest BCUT2D eigenvalue weighted by Crippen LogP contribution is 2.27. The molecule has 1 aliphatic heterocycles. The molecule has 0 bridgehead atoms. The number of likely N-dealkylation sites (tertiary alicyclic amines) is 1. The van der Waals surface area contributed by atoms with Gasteiger partial charge < -0.3 is 10.2 Å². The van der Waals surface area contributed by atoms with Crippen molar-refractivity contribution >= 4 is 11.7 Å². The maximum atomic E-state index is 12.6. The molecule has 25 heavy (non-hydrogen) atoms.